The quantitative estimate of drug-likeness (QED) is 0.832. The van der Waals surface area contributed by atoms with E-state index in [9.17, 15) is 9.90 Å². The molecule has 1 aliphatic rings. The van der Waals surface area contributed by atoms with Crippen LogP contribution in [0.1, 0.15) is 56.1 Å². The molecule has 0 bridgehead atoms. The Morgan fingerprint density at radius 2 is 2.20 bits per heavy atom. The van der Waals surface area contributed by atoms with E-state index in [0.29, 0.717) is 30.4 Å². The number of phenolic OH excluding ortho intramolecular Hbond substituents is 1. The Balaban J connectivity index is 2.05. The summed E-state index contributed by atoms with van der Waals surface area (Å²) in [5, 5.41) is 10.5. The maximum atomic E-state index is 11.1. The number of aryl methyl sites for hydroxylation is 1. The van der Waals surface area contributed by atoms with Gasteiger partial charge in [-0.15, -0.1) is 0 Å². The van der Waals surface area contributed by atoms with Gasteiger partial charge in [-0.3, -0.25) is 4.79 Å². The minimum Gasteiger partial charge on any atom is -0.507 e. The van der Waals surface area contributed by atoms with Gasteiger partial charge in [-0.1, -0.05) is 38.0 Å². The summed E-state index contributed by atoms with van der Waals surface area (Å²) in [7, 11) is 1.40. The zero-order valence-corrected chi connectivity index (χ0v) is 12.4. The van der Waals surface area contributed by atoms with Gasteiger partial charge in [-0.2, -0.15) is 0 Å². The molecule has 0 aliphatic heterocycles. The van der Waals surface area contributed by atoms with Crippen molar-refractivity contribution < 1.29 is 14.6 Å². The second kappa shape index (κ2) is 6.78. The Morgan fingerprint density at radius 3 is 2.85 bits per heavy atom. The van der Waals surface area contributed by atoms with E-state index in [4.69, 9.17) is 0 Å². The van der Waals surface area contributed by atoms with Crippen molar-refractivity contribution in [3.63, 3.8) is 0 Å². The molecular weight excluding hydrogens is 252 g/mol. The number of esters is 1. The van der Waals surface area contributed by atoms with Gasteiger partial charge in [0.1, 0.15) is 5.75 Å². The molecule has 2 rings (SSSR count). The fourth-order valence-electron chi connectivity index (χ4n) is 3.24. The number of hydrogen-bond acceptors (Lipinski definition) is 3. The first-order chi connectivity index (χ1) is 9.63. The first-order valence-electron chi connectivity index (χ1n) is 7.51. The zero-order chi connectivity index (χ0) is 14.5. The zero-order valence-electron chi connectivity index (χ0n) is 12.4. The molecule has 1 aromatic rings. The average molecular weight is 276 g/mol. The van der Waals surface area contributed by atoms with E-state index in [2.05, 4.69) is 11.7 Å². The fourth-order valence-corrected chi connectivity index (χ4v) is 3.24. The highest BCUT2D eigenvalue weighted by atomic mass is 16.5. The number of ether oxygens (including phenoxy) is 1. The molecule has 20 heavy (non-hydrogen) atoms. The minimum absolute atomic E-state index is 0.190. The van der Waals surface area contributed by atoms with Crippen LogP contribution in [0.15, 0.2) is 18.2 Å². The third kappa shape index (κ3) is 3.33. The second-order valence-corrected chi connectivity index (χ2v) is 5.80. The first-order valence-corrected chi connectivity index (χ1v) is 7.51. The number of methoxy groups -OCH3 is 1. The number of rotatable bonds is 5. The summed E-state index contributed by atoms with van der Waals surface area (Å²) in [5.41, 5.74) is 2.04. The molecule has 1 aromatic carbocycles. The van der Waals surface area contributed by atoms with E-state index >= 15 is 0 Å². The Labute approximate surface area is 121 Å². The van der Waals surface area contributed by atoms with Gasteiger partial charge in [0.2, 0.25) is 0 Å². The molecule has 0 saturated heterocycles. The minimum atomic E-state index is -0.190. The lowest BCUT2D eigenvalue weighted by Crippen LogP contribution is -2.04. The number of hydrogen-bond donors (Lipinski definition) is 1. The van der Waals surface area contributed by atoms with Gasteiger partial charge in [0.05, 0.1) is 7.11 Å². The van der Waals surface area contributed by atoms with E-state index in [-0.39, 0.29) is 5.97 Å². The summed E-state index contributed by atoms with van der Waals surface area (Å²) in [6.07, 6.45) is 5.49. The Hall–Kier alpha value is -1.51. The molecule has 1 N–H and O–H groups in total. The maximum Gasteiger partial charge on any atom is 0.305 e. The Kier molecular flexibility index (Phi) is 5.05. The standard InChI is InChI=1S/C17H24O3/c1-12-6-3-9-14(12)15-10-4-7-13(17(15)19)8-5-11-16(18)20-2/h4,7,10,12,14,19H,3,5-6,8-9,11H2,1-2H3/t12?,14-/m0/s1. The predicted octanol–water partition coefficient (Wildman–Crippen LogP) is 3.79. The van der Waals surface area contributed by atoms with Crippen molar-refractivity contribution in [2.75, 3.05) is 7.11 Å². The SMILES string of the molecule is COC(=O)CCCc1cccc([C@H]2CCCC2C)c1O. The van der Waals surface area contributed by atoms with Crippen molar-refractivity contribution in [3.05, 3.63) is 29.3 Å². The van der Waals surface area contributed by atoms with Crippen molar-refractivity contribution in [2.45, 2.75) is 51.4 Å². The number of carbonyl (C=O) groups is 1. The van der Waals surface area contributed by atoms with Crippen molar-refractivity contribution in [3.8, 4) is 5.75 Å². The molecule has 3 heteroatoms. The van der Waals surface area contributed by atoms with Gasteiger partial charge in [0, 0.05) is 6.42 Å². The highest BCUT2D eigenvalue weighted by Crippen LogP contribution is 2.43. The molecule has 1 unspecified atom stereocenters. The van der Waals surface area contributed by atoms with Crippen LogP contribution in [0.5, 0.6) is 5.75 Å². The number of aromatic hydroxyl groups is 1. The molecule has 3 nitrogen and oxygen atoms in total. The molecule has 2 atom stereocenters. The van der Waals surface area contributed by atoms with E-state index in [1.807, 2.05) is 18.2 Å². The largest absolute Gasteiger partial charge is 0.507 e. The highest BCUT2D eigenvalue weighted by Gasteiger charge is 2.27. The van der Waals surface area contributed by atoms with Gasteiger partial charge in [0.15, 0.2) is 0 Å². The molecule has 0 radical (unpaired) electrons. The van der Waals surface area contributed by atoms with Crippen LogP contribution in [-0.2, 0) is 16.0 Å². The van der Waals surface area contributed by atoms with Gasteiger partial charge < -0.3 is 9.84 Å². The average Bonchev–Trinajstić information content (AvgIpc) is 2.86. The number of phenols is 1. The summed E-state index contributed by atoms with van der Waals surface area (Å²) in [6, 6.07) is 6.02. The molecule has 0 spiro atoms. The van der Waals surface area contributed by atoms with Crippen molar-refractivity contribution in [1.82, 2.24) is 0 Å². The lowest BCUT2D eigenvalue weighted by atomic mass is 9.88. The molecule has 1 aliphatic carbocycles. The number of para-hydroxylation sites is 1. The van der Waals surface area contributed by atoms with Crippen LogP contribution in [0.25, 0.3) is 0 Å². The smallest absolute Gasteiger partial charge is 0.305 e. The van der Waals surface area contributed by atoms with Gasteiger partial charge in [-0.25, -0.2) is 0 Å². The predicted molar refractivity (Wildman–Crippen MR) is 78.8 cm³/mol. The van der Waals surface area contributed by atoms with Crippen molar-refractivity contribution in [2.24, 2.45) is 5.92 Å². The molecule has 110 valence electrons. The third-order valence-corrected chi connectivity index (χ3v) is 4.47. The normalized spacial score (nSPS) is 21.9. The topological polar surface area (TPSA) is 46.5 Å². The van der Waals surface area contributed by atoms with Crippen molar-refractivity contribution >= 4 is 5.97 Å². The van der Waals surface area contributed by atoms with Crippen LogP contribution in [-0.4, -0.2) is 18.2 Å². The van der Waals surface area contributed by atoms with Crippen LogP contribution in [0.4, 0.5) is 0 Å². The number of benzene rings is 1. The Morgan fingerprint density at radius 1 is 1.40 bits per heavy atom. The van der Waals surface area contributed by atoms with Crippen LogP contribution in [0.3, 0.4) is 0 Å². The molecular formula is C17H24O3. The van der Waals surface area contributed by atoms with Gasteiger partial charge in [0.25, 0.3) is 0 Å². The first kappa shape index (κ1) is 14.9. The highest BCUT2D eigenvalue weighted by molar-refractivity contribution is 5.69. The monoisotopic (exact) mass is 276 g/mol. The van der Waals surface area contributed by atoms with Crippen LogP contribution in [0, 0.1) is 5.92 Å². The maximum absolute atomic E-state index is 11.1. The van der Waals surface area contributed by atoms with E-state index < -0.39 is 0 Å². The second-order valence-electron chi connectivity index (χ2n) is 5.80. The fraction of sp³-hybridized carbons (Fsp3) is 0.588. The molecule has 1 saturated carbocycles. The summed E-state index contributed by atoms with van der Waals surface area (Å²) >= 11 is 0. The lowest BCUT2D eigenvalue weighted by Gasteiger charge is -2.19. The summed E-state index contributed by atoms with van der Waals surface area (Å²) in [5.74, 6) is 1.38. The summed E-state index contributed by atoms with van der Waals surface area (Å²) < 4.78 is 4.64. The van der Waals surface area contributed by atoms with Gasteiger partial charge >= 0.3 is 5.97 Å². The van der Waals surface area contributed by atoms with Crippen LogP contribution >= 0.6 is 0 Å². The van der Waals surface area contributed by atoms with Crippen molar-refractivity contribution in [1.29, 1.82) is 0 Å². The lowest BCUT2D eigenvalue weighted by molar-refractivity contribution is -0.140. The Bertz CT molecular complexity index is 467. The van der Waals surface area contributed by atoms with E-state index in [1.165, 1.54) is 26.4 Å². The van der Waals surface area contributed by atoms with E-state index in [1.54, 1.807) is 0 Å². The molecule has 1 fully saturated rings. The molecule has 0 amide bonds. The summed E-state index contributed by atoms with van der Waals surface area (Å²) in [6.45, 7) is 2.26. The number of carbonyl (C=O) groups excluding carboxylic acids is 1. The molecule has 0 heterocycles. The molecule has 0 aromatic heterocycles. The third-order valence-electron chi connectivity index (χ3n) is 4.47. The van der Waals surface area contributed by atoms with E-state index in [0.717, 1.165) is 17.5 Å². The summed E-state index contributed by atoms with van der Waals surface area (Å²) in [4.78, 5) is 11.1. The van der Waals surface area contributed by atoms with Crippen LogP contribution in [0.2, 0.25) is 0 Å². The van der Waals surface area contributed by atoms with Crippen LogP contribution < -0.4 is 0 Å². The van der Waals surface area contributed by atoms with Gasteiger partial charge in [-0.05, 0) is 42.2 Å².